The molecule has 0 atom stereocenters. The zero-order valence-electron chi connectivity index (χ0n) is 2.54. The van der Waals surface area contributed by atoms with E-state index in [1.165, 1.54) is 0 Å². The SMILES string of the molecule is [F-].[F-].[F-].[F-].[GeH2+2].[Ni+2]. The number of hydrogen-bond donors (Lipinski definition) is 0. The van der Waals surface area contributed by atoms with E-state index in [2.05, 4.69) is 0 Å². The van der Waals surface area contributed by atoms with Crippen molar-refractivity contribution in [2.24, 2.45) is 0 Å². The van der Waals surface area contributed by atoms with E-state index in [0.717, 1.165) is 0 Å². The minimum Gasteiger partial charge on any atom is 2.00 e. The summed E-state index contributed by atoms with van der Waals surface area (Å²) in [6, 6.07) is 0. The van der Waals surface area contributed by atoms with Gasteiger partial charge in [-0.1, -0.05) is 0 Å². The Bertz CT molecular complexity index is 7.51. The average molecular weight is 209 g/mol. The molecule has 0 bridgehead atoms. The first-order chi connectivity index (χ1) is 0. The minimum atomic E-state index is 0. The molecule has 0 amide bonds. The van der Waals surface area contributed by atoms with Crippen molar-refractivity contribution in [2.75, 3.05) is 0 Å². The van der Waals surface area contributed by atoms with Crippen molar-refractivity contribution < 1.29 is 35.3 Å². The summed E-state index contributed by atoms with van der Waals surface area (Å²) in [5, 5.41) is 0. The van der Waals surface area contributed by atoms with Crippen LogP contribution in [0, 0.1) is 0 Å². The van der Waals surface area contributed by atoms with Crippen LogP contribution in [0.15, 0.2) is 0 Å². The van der Waals surface area contributed by atoms with Crippen molar-refractivity contribution in [2.45, 2.75) is 0 Å². The standard InChI is InChI=1S/4FH.GeH2.Ni/h4*1H;1H2;/q;;;;2*+2/p-4. The molecule has 0 aromatic carbocycles. The van der Waals surface area contributed by atoms with Gasteiger partial charge in [0, 0.05) is 0 Å². The zero-order chi connectivity index (χ0) is 0. The van der Waals surface area contributed by atoms with E-state index >= 15 is 0 Å². The van der Waals surface area contributed by atoms with Gasteiger partial charge >= 0.3 is 34.1 Å². The third kappa shape index (κ3) is 117. The molecule has 0 aromatic rings. The van der Waals surface area contributed by atoms with Crippen LogP contribution in [0.3, 0.4) is 0 Å². The van der Waals surface area contributed by atoms with Crippen molar-refractivity contribution in [3.05, 3.63) is 0 Å². The largest absolute Gasteiger partial charge is 2.00 e. The van der Waals surface area contributed by atoms with Crippen LogP contribution < -0.4 is 18.8 Å². The molecular formula is H2F4GeNi. The molecule has 0 rings (SSSR count). The summed E-state index contributed by atoms with van der Waals surface area (Å²) in [7, 11) is 0. The van der Waals surface area contributed by atoms with Crippen molar-refractivity contribution in [3.8, 4) is 0 Å². The van der Waals surface area contributed by atoms with Gasteiger partial charge in [0.25, 0.3) is 0 Å². The normalized spacial score (nSPS) is 0. The quantitative estimate of drug-likeness (QED) is 0.275. The minimum absolute atomic E-state index is 0. The first-order valence-electron chi connectivity index (χ1n) is 0. The zero-order valence-corrected chi connectivity index (χ0v) is 6.49. The molecule has 0 aromatic heterocycles. The Balaban J connectivity index is 0. The first kappa shape index (κ1) is 391. The van der Waals surface area contributed by atoms with Gasteiger partial charge in [-0.25, -0.2) is 0 Å². The Morgan fingerprint density at radius 1 is 0.500 bits per heavy atom. The van der Waals surface area contributed by atoms with Gasteiger partial charge in [-0.2, -0.15) is 0 Å². The van der Waals surface area contributed by atoms with Crippen LogP contribution >= 0.6 is 0 Å². The molecular weight excluding hydrogens is 207 g/mol. The van der Waals surface area contributed by atoms with Crippen molar-refractivity contribution >= 4 is 17.6 Å². The Morgan fingerprint density at radius 3 is 0.500 bits per heavy atom. The van der Waals surface area contributed by atoms with Crippen LogP contribution in [0.2, 0.25) is 0 Å². The molecule has 0 aliphatic rings. The van der Waals surface area contributed by atoms with Crippen LogP contribution in [-0.4, -0.2) is 17.6 Å². The molecule has 0 aliphatic heterocycles. The fourth-order valence-corrected chi connectivity index (χ4v) is 0. The predicted octanol–water partition coefficient (Wildman–Crippen LogP) is -12.9. The van der Waals surface area contributed by atoms with E-state index in [1.807, 2.05) is 0 Å². The molecule has 6 heteroatoms. The number of rotatable bonds is 0. The van der Waals surface area contributed by atoms with Gasteiger partial charge < -0.3 is 18.8 Å². The monoisotopic (exact) mass is 210 g/mol. The molecule has 0 unspecified atom stereocenters. The van der Waals surface area contributed by atoms with Gasteiger partial charge in [-0.05, 0) is 0 Å². The van der Waals surface area contributed by atoms with Crippen LogP contribution in [0.25, 0.3) is 0 Å². The van der Waals surface area contributed by atoms with E-state index in [1.54, 1.807) is 0 Å². The summed E-state index contributed by atoms with van der Waals surface area (Å²) in [5.74, 6) is 0. The predicted molar refractivity (Wildman–Crippen MR) is 8.54 cm³/mol. The molecule has 0 saturated carbocycles. The molecule has 6 heavy (non-hydrogen) atoms. The van der Waals surface area contributed by atoms with E-state index in [0.29, 0.717) is 0 Å². The second-order valence-electron chi connectivity index (χ2n) is 0. The maximum atomic E-state index is 0. The Kier molecular flexibility index (Phi) is 14800. The van der Waals surface area contributed by atoms with Gasteiger partial charge in [-0.3, -0.25) is 0 Å². The molecule has 0 radical (unpaired) electrons. The van der Waals surface area contributed by atoms with Crippen LogP contribution in [0.4, 0.5) is 0 Å². The molecule has 0 nitrogen and oxygen atoms in total. The fourth-order valence-electron chi connectivity index (χ4n) is 0. The van der Waals surface area contributed by atoms with Crippen LogP contribution in [0.1, 0.15) is 0 Å². The second kappa shape index (κ2) is 228. The smallest absolute Gasteiger partial charge is 2.00 e. The van der Waals surface area contributed by atoms with Gasteiger partial charge in [0.05, 0.1) is 0 Å². The molecule has 0 fully saturated rings. The van der Waals surface area contributed by atoms with E-state index < -0.39 is 0 Å². The van der Waals surface area contributed by atoms with Gasteiger partial charge in [0.15, 0.2) is 0 Å². The third-order valence-electron chi connectivity index (χ3n) is 0. The second-order valence-corrected chi connectivity index (χ2v) is 0. The van der Waals surface area contributed by atoms with Crippen molar-refractivity contribution in [1.29, 1.82) is 0 Å². The molecule has 0 heterocycles. The van der Waals surface area contributed by atoms with Gasteiger partial charge in [-0.15, -0.1) is 0 Å². The van der Waals surface area contributed by atoms with E-state index in [9.17, 15) is 0 Å². The summed E-state index contributed by atoms with van der Waals surface area (Å²) >= 11 is 0. The summed E-state index contributed by atoms with van der Waals surface area (Å²) in [5.41, 5.74) is 0. The van der Waals surface area contributed by atoms with Crippen molar-refractivity contribution in [1.82, 2.24) is 0 Å². The number of halogens is 4. The first-order valence-corrected chi connectivity index (χ1v) is 0. The molecule has 0 spiro atoms. The van der Waals surface area contributed by atoms with Crippen LogP contribution in [-0.2, 0) is 16.5 Å². The summed E-state index contributed by atoms with van der Waals surface area (Å²) < 4.78 is 0. The summed E-state index contributed by atoms with van der Waals surface area (Å²) in [4.78, 5) is 0. The average Bonchev–Trinajstić information content (AvgIpc) is 0. The molecule has 44 valence electrons. The van der Waals surface area contributed by atoms with Crippen LogP contribution in [0.5, 0.6) is 0 Å². The maximum Gasteiger partial charge on any atom is 2.00 e. The summed E-state index contributed by atoms with van der Waals surface area (Å²) in [6.07, 6.45) is 0. The topological polar surface area (TPSA) is 0 Å². The third-order valence-corrected chi connectivity index (χ3v) is 0. The number of hydrogen-bond acceptors (Lipinski definition) is 0. The molecule has 0 N–H and O–H groups in total. The molecule has 0 aliphatic carbocycles. The van der Waals surface area contributed by atoms with E-state index in [4.69, 9.17) is 0 Å². The Morgan fingerprint density at radius 2 is 0.500 bits per heavy atom. The van der Waals surface area contributed by atoms with Crippen molar-refractivity contribution in [3.63, 3.8) is 0 Å². The van der Waals surface area contributed by atoms with E-state index in [-0.39, 0.29) is 52.9 Å². The Labute approximate surface area is 53.4 Å². The summed E-state index contributed by atoms with van der Waals surface area (Å²) in [6.45, 7) is 0. The molecule has 0 saturated heterocycles. The van der Waals surface area contributed by atoms with Gasteiger partial charge in [0.1, 0.15) is 0 Å². The fraction of sp³-hybridized carbons (Fsp3) is 0. The van der Waals surface area contributed by atoms with Gasteiger partial charge in [0.2, 0.25) is 0 Å². The maximum absolute atomic E-state index is 0. The Hall–Kier alpha value is 0.756.